The van der Waals surface area contributed by atoms with Gasteiger partial charge in [-0.2, -0.15) is 0 Å². The number of rotatable bonds is 16. The molecular weight excluding hydrogens is 384 g/mol. The van der Waals surface area contributed by atoms with Crippen LogP contribution >= 0.6 is 11.8 Å². The quantitative estimate of drug-likeness (QED) is 0.156. The van der Waals surface area contributed by atoms with Gasteiger partial charge in [0, 0.05) is 5.25 Å². The molecule has 1 fully saturated rings. The Balaban J connectivity index is 2.82. The third-order valence-electron chi connectivity index (χ3n) is 5.91. The Labute approximate surface area is 183 Å². The van der Waals surface area contributed by atoms with E-state index in [2.05, 4.69) is 13.8 Å². The molecule has 0 saturated carbocycles. The van der Waals surface area contributed by atoms with E-state index in [1.165, 1.54) is 64.2 Å². The number of unbranched alkanes of at least 4 members (excludes halogenated alkanes) is 8. The highest BCUT2D eigenvalue weighted by Gasteiger charge is 2.58. The summed E-state index contributed by atoms with van der Waals surface area (Å²) in [7, 11) is 0. The summed E-state index contributed by atoms with van der Waals surface area (Å²) in [6, 6.07) is 0. The largest absolute Gasteiger partial charge is 0.465 e. The van der Waals surface area contributed by atoms with Crippen LogP contribution in [0.1, 0.15) is 111 Å². The van der Waals surface area contributed by atoms with Crippen LogP contribution in [0.2, 0.25) is 0 Å². The van der Waals surface area contributed by atoms with Crippen molar-refractivity contribution in [2.45, 2.75) is 121 Å². The van der Waals surface area contributed by atoms with Gasteiger partial charge in [0.15, 0.2) is 0 Å². The van der Waals surface area contributed by atoms with Gasteiger partial charge in [0.1, 0.15) is 0 Å². The predicted octanol–water partition coefficient (Wildman–Crippen LogP) is 6.69. The third-order valence-corrected chi connectivity index (χ3v) is 7.73. The highest BCUT2D eigenvalue weighted by Crippen LogP contribution is 2.52. The van der Waals surface area contributed by atoms with Crippen molar-refractivity contribution >= 4 is 23.7 Å². The number of esters is 2. The normalized spacial score (nSPS) is 20.6. The molecule has 1 rings (SSSR count). The van der Waals surface area contributed by atoms with E-state index in [1.54, 1.807) is 25.6 Å². The molecule has 0 radical (unpaired) electrons. The van der Waals surface area contributed by atoms with Crippen molar-refractivity contribution in [1.82, 2.24) is 0 Å². The molecule has 0 aromatic carbocycles. The number of thioether (sulfide) groups is 1. The average Bonchev–Trinajstić information content (AvgIpc) is 3.08. The van der Waals surface area contributed by atoms with Gasteiger partial charge in [-0.15, -0.1) is 11.8 Å². The molecule has 0 aromatic rings. The molecule has 2 unspecified atom stereocenters. The Kier molecular flexibility index (Phi) is 13.7. The zero-order valence-electron chi connectivity index (χ0n) is 19.3. The van der Waals surface area contributed by atoms with E-state index in [9.17, 15) is 9.59 Å². The molecular formula is C24H44O4S. The summed E-state index contributed by atoms with van der Waals surface area (Å²) >= 11 is 1.55. The van der Waals surface area contributed by atoms with Crippen LogP contribution in [0.4, 0.5) is 0 Å². The van der Waals surface area contributed by atoms with Crippen molar-refractivity contribution in [3.63, 3.8) is 0 Å². The van der Waals surface area contributed by atoms with E-state index in [0.717, 1.165) is 12.8 Å². The SMILES string of the molecule is CCCCCCCC1CC(C(=O)OCC)(C(=O)OCC)SC1CCCCCCC. The van der Waals surface area contributed by atoms with Crippen LogP contribution in [0, 0.1) is 5.92 Å². The minimum atomic E-state index is -1.16. The van der Waals surface area contributed by atoms with E-state index < -0.39 is 16.7 Å². The zero-order chi connectivity index (χ0) is 21.5. The van der Waals surface area contributed by atoms with Crippen molar-refractivity contribution in [1.29, 1.82) is 0 Å². The minimum absolute atomic E-state index is 0.296. The maximum Gasteiger partial charge on any atom is 0.333 e. The number of carbonyl (C=O) groups excluding carboxylic acids is 2. The fraction of sp³-hybridized carbons (Fsp3) is 0.917. The van der Waals surface area contributed by atoms with Gasteiger partial charge in [-0.25, -0.2) is 9.59 Å². The van der Waals surface area contributed by atoms with Crippen molar-refractivity contribution in [3.05, 3.63) is 0 Å². The first-order valence-electron chi connectivity index (χ1n) is 12.1. The molecule has 0 spiro atoms. The molecule has 1 saturated heterocycles. The molecule has 0 amide bonds. The highest BCUT2D eigenvalue weighted by atomic mass is 32.2. The average molecular weight is 429 g/mol. The van der Waals surface area contributed by atoms with Crippen LogP contribution < -0.4 is 0 Å². The zero-order valence-corrected chi connectivity index (χ0v) is 20.1. The highest BCUT2D eigenvalue weighted by molar-refractivity contribution is 8.03. The monoisotopic (exact) mass is 428 g/mol. The summed E-state index contributed by atoms with van der Waals surface area (Å²) in [5.74, 6) is -0.401. The molecule has 2 atom stereocenters. The number of hydrogen-bond donors (Lipinski definition) is 0. The van der Waals surface area contributed by atoms with Crippen molar-refractivity contribution < 1.29 is 19.1 Å². The van der Waals surface area contributed by atoms with Gasteiger partial charge < -0.3 is 9.47 Å². The first kappa shape index (κ1) is 26.3. The summed E-state index contributed by atoms with van der Waals surface area (Å²) in [5, 5.41) is 0.344. The van der Waals surface area contributed by atoms with E-state index in [1.807, 2.05) is 0 Å². The molecule has 0 aliphatic carbocycles. The third kappa shape index (κ3) is 8.51. The minimum Gasteiger partial charge on any atom is -0.465 e. The summed E-state index contributed by atoms with van der Waals surface area (Å²) in [4.78, 5) is 25.7. The lowest BCUT2D eigenvalue weighted by Gasteiger charge is -2.24. The van der Waals surface area contributed by atoms with E-state index >= 15 is 0 Å². The van der Waals surface area contributed by atoms with Gasteiger partial charge in [0.05, 0.1) is 13.2 Å². The summed E-state index contributed by atoms with van der Waals surface area (Å²) < 4.78 is 9.54. The summed E-state index contributed by atoms with van der Waals surface area (Å²) in [6.07, 6.45) is 15.2. The molecule has 5 heteroatoms. The predicted molar refractivity (Wildman–Crippen MR) is 122 cm³/mol. The maximum absolute atomic E-state index is 12.9. The molecule has 4 nitrogen and oxygen atoms in total. The Morgan fingerprint density at radius 2 is 1.24 bits per heavy atom. The van der Waals surface area contributed by atoms with Crippen LogP contribution in [0.5, 0.6) is 0 Å². The lowest BCUT2D eigenvalue weighted by Crippen LogP contribution is -2.44. The van der Waals surface area contributed by atoms with Gasteiger partial charge in [-0.3, -0.25) is 0 Å². The summed E-state index contributed by atoms with van der Waals surface area (Å²) in [5.41, 5.74) is 0. The molecule has 0 aromatic heterocycles. The molecule has 1 aliphatic rings. The molecule has 0 N–H and O–H groups in total. The smallest absolute Gasteiger partial charge is 0.333 e. The topological polar surface area (TPSA) is 52.6 Å². The second-order valence-corrected chi connectivity index (χ2v) is 9.83. The molecule has 1 aliphatic heterocycles. The van der Waals surface area contributed by atoms with Crippen LogP contribution in [-0.4, -0.2) is 35.1 Å². The fourth-order valence-electron chi connectivity index (χ4n) is 4.29. The van der Waals surface area contributed by atoms with Gasteiger partial charge in [-0.05, 0) is 39.0 Å². The standard InChI is InChI=1S/C24H44O4S/c1-5-9-11-13-15-17-20-19-24(22(25)27-7-3,23(26)28-8-4)29-21(20)18-16-14-12-10-6-2/h20-21H,5-19H2,1-4H3. The molecule has 29 heavy (non-hydrogen) atoms. The van der Waals surface area contributed by atoms with Crippen molar-refractivity contribution in [2.24, 2.45) is 5.92 Å². The van der Waals surface area contributed by atoms with Crippen LogP contribution in [0.3, 0.4) is 0 Å². The fourth-order valence-corrected chi connectivity index (χ4v) is 6.13. The van der Waals surface area contributed by atoms with E-state index in [4.69, 9.17) is 9.47 Å². The number of hydrogen-bond acceptors (Lipinski definition) is 5. The lowest BCUT2D eigenvalue weighted by molar-refractivity contribution is -0.159. The second kappa shape index (κ2) is 15.1. The Morgan fingerprint density at radius 1 is 0.759 bits per heavy atom. The van der Waals surface area contributed by atoms with Crippen LogP contribution in [0.15, 0.2) is 0 Å². The van der Waals surface area contributed by atoms with Crippen LogP contribution in [-0.2, 0) is 19.1 Å². The number of carbonyl (C=O) groups is 2. The first-order valence-corrected chi connectivity index (χ1v) is 13.0. The Morgan fingerprint density at radius 3 is 1.72 bits per heavy atom. The van der Waals surface area contributed by atoms with Gasteiger partial charge >= 0.3 is 11.9 Å². The van der Waals surface area contributed by atoms with Gasteiger partial charge in [-0.1, -0.05) is 78.1 Å². The van der Waals surface area contributed by atoms with Crippen molar-refractivity contribution in [3.8, 4) is 0 Å². The first-order chi connectivity index (χ1) is 14.1. The molecule has 0 bridgehead atoms. The Bertz CT molecular complexity index is 424. The molecule has 170 valence electrons. The van der Waals surface area contributed by atoms with Crippen molar-refractivity contribution in [2.75, 3.05) is 13.2 Å². The van der Waals surface area contributed by atoms with Gasteiger partial charge in [0.25, 0.3) is 0 Å². The van der Waals surface area contributed by atoms with Crippen LogP contribution in [0.25, 0.3) is 0 Å². The van der Waals surface area contributed by atoms with Gasteiger partial charge in [0.2, 0.25) is 4.75 Å². The van der Waals surface area contributed by atoms with E-state index in [0.29, 0.717) is 30.8 Å². The second-order valence-electron chi connectivity index (χ2n) is 8.29. The summed E-state index contributed by atoms with van der Waals surface area (Å²) in [6.45, 7) is 8.65. The Hall–Kier alpha value is -0.710. The number of ether oxygens (including phenoxy) is 2. The maximum atomic E-state index is 12.9. The molecule has 1 heterocycles. The lowest BCUT2D eigenvalue weighted by atomic mass is 9.86. The van der Waals surface area contributed by atoms with E-state index in [-0.39, 0.29) is 0 Å².